The fourth-order valence-electron chi connectivity index (χ4n) is 2.75. The topological polar surface area (TPSA) is 64.9 Å². The van der Waals surface area contributed by atoms with Crippen molar-refractivity contribution in [1.29, 1.82) is 0 Å². The van der Waals surface area contributed by atoms with Crippen LogP contribution in [0.25, 0.3) is 0 Å². The van der Waals surface area contributed by atoms with Crippen molar-refractivity contribution in [1.82, 2.24) is 10.1 Å². The predicted octanol–water partition coefficient (Wildman–Crippen LogP) is 3.87. The van der Waals surface area contributed by atoms with Crippen LogP contribution in [0.3, 0.4) is 0 Å². The van der Waals surface area contributed by atoms with E-state index in [0.717, 1.165) is 31.5 Å². The lowest BCUT2D eigenvalue weighted by Gasteiger charge is -2.22. The van der Waals surface area contributed by atoms with E-state index in [2.05, 4.69) is 22.3 Å². The maximum Gasteiger partial charge on any atom is 0.246 e. The quantitative estimate of drug-likeness (QED) is 0.686. The van der Waals surface area contributed by atoms with Crippen molar-refractivity contribution >= 4 is 11.8 Å². The minimum absolute atomic E-state index is 0.417. The molecule has 0 saturated heterocycles. The summed E-state index contributed by atoms with van der Waals surface area (Å²) in [6, 6.07) is 10.2. The van der Waals surface area contributed by atoms with Gasteiger partial charge in [0.1, 0.15) is 0 Å². The molecule has 112 valence electrons. The van der Waals surface area contributed by atoms with Crippen LogP contribution in [-0.2, 0) is 11.3 Å². The van der Waals surface area contributed by atoms with Crippen molar-refractivity contribution in [3.63, 3.8) is 0 Å². The Balaban J connectivity index is 1.65. The van der Waals surface area contributed by atoms with Gasteiger partial charge in [-0.1, -0.05) is 49.0 Å². The predicted molar refractivity (Wildman–Crippen MR) is 83.9 cm³/mol. The monoisotopic (exact) mass is 303 g/mol. The van der Waals surface area contributed by atoms with E-state index in [4.69, 9.17) is 10.3 Å². The Labute approximate surface area is 129 Å². The first-order valence-corrected chi connectivity index (χ1v) is 8.55. The molecule has 1 saturated carbocycles. The van der Waals surface area contributed by atoms with Crippen LogP contribution in [0, 0.1) is 0 Å². The summed E-state index contributed by atoms with van der Waals surface area (Å²) in [5, 5.41) is 4.10. The third-order valence-electron chi connectivity index (χ3n) is 4.00. The molecule has 1 aromatic carbocycles. The maximum atomic E-state index is 6.50. The number of nitrogens with zero attached hydrogens (tertiary/aromatic N) is 2. The summed E-state index contributed by atoms with van der Waals surface area (Å²) in [5.41, 5.74) is 6.08. The molecule has 1 fully saturated rings. The first kappa shape index (κ1) is 14.6. The summed E-state index contributed by atoms with van der Waals surface area (Å²) in [4.78, 5) is 5.75. The lowest BCUT2D eigenvalue weighted by molar-refractivity contribution is 0.256. The molecule has 0 unspecified atom stereocenters. The molecule has 2 N–H and O–H groups in total. The molecular formula is C16H21N3OS. The first-order valence-electron chi connectivity index (χ1n) is 7.56. The summed E-state index contributed by atoms with van der Waals surface area (Å²) in [5.74, 6) is 2.06. The van der Waals surface area contributed by atoms with E-state index < -0.39 is 5.54 Å². The normalized spacial score (nSPS) is 18.3. The molecule has 0 spiro atoms. The Morgan fingerprint density at radius 3 is 2.52 bits per heavy atom. The minimum atomic E-state index is -0.417. The van der Waals surface area contributed by atoms with Crippen LogP contribution in [0.4, 0.5) is 0 Å². The van der Waals surface area contributed by atoms with Crippen LogP contribution in [0.5, 0.6) is 0 Å². The van der Waals surface area contributed by atoms with Crippen molar-refractivity contribution in [2.75, 3.05) is 0 Å². The van der Waals surface area contributed by atoms with E-state index in [9.17, 15) is 0 Å². The Morgan fingerprint density at radius 1 is 1.10 bits per heavy atom. The molecule has 1 aliphatic rings. The summed E-state index contributed by atoms with van der Waals surface area (Å²) >= 11 is 1.71. The molecule has 0 amide bonds. The number of thioether (sulfide) groups is 1. The van der Waals surface area contributed by atoms with Gasteiger partial charge in [0.05, 0.1) is 11.3 Å². The summed E-state index contributed by atoms with van der Waals surface area (Å²) in [6.07, 6.45) is 6.69. The standard InChI is InChI=1S/C16H21N3OS/c17-16(10-6-1-2-7-11-16)15-18-14(19-20-15)12-21-13-8-4-3-5-9-13/h3-5,8-9H,1-2,6-7,10-12,17H2. The Bertz CT molecular complexity index is 562. The zero-order chi connectivity index (χ0) is 14.5. The number of rotatable bonds is 4. The van der Waals surface area contributed by atoms with E-state index >= 15 is 0 Å². The van der Waals surface area contributed by atoms with Crippen molar-refractivity contribution in [2.24, 2.45) is 5.73 Å². The number of hydrogen-bond acceptors (Lipinski definition) is 5. The van der Waals surface area contributed by atoms with Gasteiger partial charge in [0.2, 0.25) is 5.89 Å². The van der Waals surface area contributed by atoms with Crippen LogP contribution in [0.2, 0.25) is 0 Å². The van der Waals surface area contributed by atoms with Crippen molar-refractivity contribution in [3.05, 3.63) is 42.0 Å². The number of hydrogen-bond donors (Lipinski definition) is 1. The van der Waals surface area contributed by atoms with Crippen LogP contribution in [0.1, 0.15) is 50.2 Å². The molecule has 4 nitrogen and oxygen atoms in total. The molecule has 1 aliphatic carbocycles. The van der Waals surface area contributed by atoms with Gasteiger partial charge >= 0.3 is 0 Å². The SMILES string of the molecule is NC1(c2nc(CSc3ccccc3)no2)CCCCCC1. The van der Waals surface area contributed by atoms with Crippen LogP contribution in [-0.4, -0.2) is 10.1 Å². The zero-order valence-corrected chi connectivity index (χ0v) is 12.9. The van der Waals surface area contributed by atoms with E-state index in [1.165, 1.54) is 17.7 Å². The summed E-state index contributed by atoms with van der Waals surface area (Å²) in [6.45, 7) is 0. The van der Waals surface area contributed by atoms with Crippen LogP contribution in [0.15, 0.2) is 39.8 Å². The molecule has 0 atom stereocenters. The molecule has 1 aromatic heterocycles. The van der Waals surface area contributed by atoms with Gasteiger partial charge in [-0.2, -0.15) is 4.98 Å². The largest absolute Gasteiger partial charge is 0.337 e. The Morgan fingerprint density at radius 2 is 1.81 bits per heavy atom. The third kappa shape index (κ3) is 3.66. The molecule has 0 aliphatic heterocycles. The molecule has 21 heavy (non-hydrogen) atoms. The third-order valence-corrected chi connectivity index (χ3v) is 5.01. The number of nitrogens with two attached hydrogens (primary N) is 1. The molecule has 2 aromatic rings. The van der Waals surface area contributed by atoms with E-state index in [1.54, 1.807) is 11.8 Å². The van der Waals surface area contributed by atoms with Gasteiger partial charge in [-0.05, 0) is 25.0 Å². The second-order valence-electron chi connectivity index (χ2n) is 5.69. The van der Waals surface area contributed by atoms with Gasteiger partial charge in [0.15, 0.2) is 5.82 Å². The van der Waals surface area contributed by atoms with E-state index in [-0.39, 0.29) is 0 Å². The van der Waals surface area contributed by atoms with Crippen molar-refractivity contribution in [3.8, 4) is 0 Å². The lowest BCUT2D eigenvalue weighted by Crippen LogP contribution is -2.36. The van der Waals surface area contributed by atoms with Gasteiger partial charge in [-0.15, -0.1) is 11.8 Å². The number of benzene rings is 1. The molecule has 3 rings (SSSR count). The second kappa shape index (κ2) is 6.62. The lowest BCUT2D eigenvalue weighted by atomic mass is 9.91. The van der Waals surface area contributed by atoms with Gasteiger partial charge < -0.3 is 10.3 Å². The van der Waals surface area contributed by atoms with Gasteiger partial charge in [-0.25, -0.2) is 0 Å². The molecular weight excluding hydrogens is 282 g/mol. The fourth-order valence-corrected chi connectivity index (χ4v) is 3.52. The first-order chi connectivity index (χ1) is 10.3. The fraction of sp³-hybridized carbons (Fsp3) is 0.500. The van der Waals surface area contributed by atoms with Gasteiger partial charge in [-0.3, -0.25) is 0 Å². The van der Waals surface area contributed by atoms with Crippen molar-refractivity contribution < 1.29 is 4.52 Å². The highest BCUT2D eigenvalue weighted by Gasteiger charge is 2.34. The van der Waals surface area contributed by atoms with Crippen molar-refractivity contribution in [2.45, 2.75) is 54.7 Å². The summed E-state index contributed by atoms with van der Waals surface area (Å²) < 4.78 is 5.45. The average Bonchev–Trinajstić information content (AvgIpc) is 2.89. The Kier molecular flexibility index (Phi) is 4.60. The molecule has 0 radical (unpaired) electrons. The van der Waals surface area contributed by atoms with E-state index in [0.29, 0.717) is 11.6 Å². The molecule has 1 heterocycles. The average molecular weight is 303 g/mol. The molecule has 0 bridgehead atoms. The smallest absolute Gasteiger partial charge is 0.246 e. The summed E-state index contributed by atoms with van der Waals surface area (Å²) in [7, 11) is 0. The van der Waals surface area contributed by atoms with Gasteiger partial charge in [0, 0.05) is 4.90 Å². The highest BCUT2D eigenvalue weighted by Crippen LogP contribution is 2.33. The van der Waals surface area contributed by atoms with E-state index in [1.807, 2.05) is 18.2 Å². The Hall–Kier alpha value is -1.33. The minimum Gasteiger partial charge on any atom is -0.337 e. The molecule has 5 heteroatoms. The van der Waals surface area contributed by atoms with Crippen LogP contribution < -0.4 is 5.73 Å². The zero-order valence-electron chi connectivity index (χ0n) is 12.1. The number of aromatic nitrogens is 2. The van der Waals surface area contributed by atoms with Gasteiger partial charge in [0.25, 0.3) is 0 Å². The van der Waals surface area contributed by atoms with Crippen LogP contribution >= 0.6 is 11.8 Å². The maximum absolute atomic E-state index is 6.50. The highest BCUT2D eigenvalue weighted by atomic mass is 32.2. The highest BCUT2D eigenvalue weighted by molar-refractivity contribution is 7.98. The second-order valence-corrected chi connectivity index (χ2v) is 6.74.